The van der Waals surface area contributed by atoms with E-state index in [4.69, 9.17) is 16.3 Å². The highest BCUT2D eigenvalue weighted by atomic mass is 35.5. The van der Waals surface area contributed by atoms with Crippen molar-refractivity contribution in [2.75, 3.05) is 13.2 Å². The van der Waals surface area contributed by atoms with E-state index in [1.54, 1.807) is 0 Å². The molecule has 0 bridgehead atoms. The number of ether oxygens (including phenoxy) is 1. The van der Waals surface area contributed by atoms with E-state index in [9.17, 15) is 0 Å². The Morgan fingerprint density at radius 2 is 2.35 bits per heavy atom. The zero-order valence-corrected chi connectivity index (χ0v) is 11.3. The minimum Gasteiger partial charge on any atom is -0.381 e. The van der Waals surface area contributed by atoms with E-state index < -0.39 is 0 Å². The second-order valence-electron chi connectivity index (χ2n) is 4.89. The number of hydrogen-bond acceptors (Lipinski definition) is 2. The molecule has 0 spiro atoms. The summed E-state index contributed by atoms with van der Waals surface area (Å²) in [5.74, 6) is 0.638. The largest absolute Gasteiger partial charge is 0.381 e. The first-order chi connectivity index (χ1) is 8.16. The third kappa shape index (κ3) is 3.44. The molecule has 94 valence electrons. The summed E-state index contributed by atoms with van der Waals surface area (Å²) in [6.07, 6.45) is 1.16. The number of hydrogen-bond donors (Lipinski definition) is 1. The normalized spacial score (nSPS) is 21.7. The van der Waals surface area contributed by atoms with Gasteiger partial charge in [0.15, 0.2) is 0 Å². The monoisotopic (exact) mass is 253 g/mol. The van der Waals surface area contributed by atoms with Gasteiger partial charge in [0, 0.05) is 24.2 Å². The Morgan fingerprint density at radius 3 is 3.00 bits per heavy atom. The van der Waals surface area contributed by atoms with Crippen LogP contribution < -0.4 is 5.32 Å². The molecule has 1 saturated heterocycles. The third-order valence-electron chi connectivity index (χ3n) is 3.50. The number of benzene rings is 1. The molecule has 0 amide bonds. The standard InChI is InChI=1S/C14H20ClNO/c1-10-3-4-12(14(15)7-10)8-16-11(2)13-5-6-17-9-13/h3-4,7,11,13,16H,5-6,8-9H2,1-2H3. The Balaban J connectivity index is 1.88. The van der Waals surface area contributed by atoms with Gasteiger partial charge in [-0.2, -0.15) is 0 Å². The lowest BCUT2D eigenvalue weighted by molar-refractivity contribution is 0.178. The fourth-order valence-electron chi connectivity index (χ4n) is 2.18. The minimum atomic E-state index is 0.481. The smallest absolute Gasteiger partial charge is 0.0509 e. The number of rotatable bonds is 4. The van der Waals surface area contributed by atoms with E-state index in [0.717, 1.165) is 31.2 Å². The third-order valence-corrected chi connectivity index (χ3v) is 3.85. The maximum atomic E-state index is 6.21. The Morgan fingerprint density at radius 1 is 1.53 bits per heavy atom. The topological polar surface area (TPSA) is 21.3 Å². The first-order valence-corrected chi connectivity index (χ1v) is 6.61. The Kier molecular flexibility index (Phi) is 4.43. The van der Waals surface area contributed by atoms with E-state index in [0.29, 0.717) is 12.0 Å². The zero-order chi connectivity index (χ0) is 12.3. The molecule has 0 radical (unpaired) electrons. The summed E-state index contributed by atoms with van der Waals surface area (Å²) in [5.41, 5.74) is 2.37. The van der Waals surface area contributed by atoms with Gasteiger partial charge in [-0.3, -0.25) is 0 Å². The molecule has 1 N–H and O–H groups in total. The average molecular weight is 254 g/mol. The van der Waals surface area contributed by atoms with Crippen LogP contribution in [0.4, 0.5) is 0 Å². The Hall–Kier alpha value is -0.570. The molecule has 2 unspecified atom stereocenters. The van der Waals surface area contributed by atoms with Crippen LogP contribution >= 0.6 is 11.6 Å². The van der Waals surface area contributed by atoms with Gasteiger partial charge in [0.2, 0.25) is 0 Å². The van der Waals surface area contributed by atoms with Crippen LogP contribution in [0, 0.1) is 12.8 Å². The summed E-state index contributed by atoms with van der Waals surface area (Å²) in [5, 5.41) is 4.39. The lowest BCUT2D eigenvalue weighted by atomic mass is 10.0. The molecule has 17 heavy (non-hydrogen) atoms. The summed E-state index contributed by atoms with van der Waals surface area (Å²) in [7, 11) is 0. The van der Waals surface area contributed by atoms with Gasteiger partial charge in [0.25, 0.3) is 0 Å². The van der Waals surface area contributed by atoms with Gasteiger partial charge >= 0.3 is 0 Å². The molecule has 0 saturated carbocycles. The molecule has 1 aliphatic rings. The lowest BCUT2D eigenvalue weighted by Gasteiger charge is -2.19. The highest BCUT2D eigenvalue weighted by Gasteiger charge is 2.21. The molecule has 0 aliphatic carbocycles. The molecule has 1 aliphatic heterocycles. The molecule has 2 atom stereocenters. The zero-order valence-electron chi connectivity index (χ0n) is 10.5. The van der Waals surface area contributed by atoms with Crippen LogP contribution in [0.2, 0.25) is 5.02 Å². The van der Waals surface area contributed by atoms with Crippen LogP contribution in [0.3, 0.4) is 0 Å². The summed E-state index contributed by atoms with van der Waals surface area (Å²) in [6.45, 7) is 6.90. The number of halogens is 1. The molecular weight excluding hydrogens is 234 g/mol. The van der Waals surface area contributed by atoms with Crippen molar-refractivity contribution in [3.8, 4) is 0 Å². The van der Waals surface area contributed by atoms with Crippen molar-refractivity contribution < 1.29 is 4.74 Å². The summed E-state index contributed by atoms with van der Waals surface area (Å²) in [6, 6.07) is 6.70. The predicted octanol–water partition coefficient (Wildman–Crippen LogP) is 3.16. The highest BCUT2D eigenvalue weighted by Crippen LogP contribution is 2.20. The molecule has 1 fully saturated rings. The van der Waals surface area contributed by atoms with Gasteiger partial charge in [-0.15, -0.1) is 0 Å². The fourth-order valence-corrected chi connectivity index (χ4v) is 2.48. The molecule has 1 aromatic carbocycles. The first kappa shape index (κ1) is 12.9. The highest BCUT2D eigenvalue weighted by molar-refractivity contribution is 6.31. The van der Waals surface area contributed by atoms with E-state index in [-0.39, 0.29) is 0 Å². The van der Waals surface area contributed by atoms with Crippen molar-refractivity contribution in [2.45, 2.75) is 32.9 Å². The van der Waals surface area contributed by atoms with Crippen LogP contribution in [-0.4, -0.2) is 19.3 Å². The minimum absolute atomic E-state index is 0.481. The molecule has 1 heterocycles. The second kappa shape index (κ2) is 5.85. The Bertz CT molecular complexity index is 374. The van der Waals surface area contributed by atoms with Crippen molar-refractivity contribution in [3.63, 3.8) is 0 Å². The molecule has 3 heteroatoms. The predicted molar refractivity (Wildman–Crippen MR) is 71.4 cm³/mol. The second-order valence-corrected chi connectivity index (χ2v) is 5.30. The van der Waals surface area contributed by atoms with E-state index >= 15 is 0 Å². The SMILES string of the molecule is Cc1ccc(CNC(C)C2CCOC2)c(Cl)c1. The number of nitrogens with one attached hydrogen (secondary N) is 1. The quantitative estimate of drug-likeness (QED) is 0.890. The van der Waals surface area contributed by atoms with Crippen LogP contribution in [-0.2, 0) is 11.3 Å². The molecular formula is C14H20ClNO. The van der Waals surface area contributed by atoms with E-state index in [2.05, 4.69) is 31.3 Å². The van der Waals surface area contributed by atoms with Gasteiger partial charge < -0.3 is 10.1 Å². The van der Waals surface area contributed by atoms with Gasteiger partial charge in [-0.1, -0.05) is 23.7 Å². The van der Waals surface area contributed by atoms with Crippen LogP contribution in [0.1, 0.15) is 24.5 Å². The van der Waals surface area contributed by atoms with Crippen LogP contribution in [0.5, 0.6) is 0 Å². The summed E-state index contributed by atoms with van der Waals surface area (Å²) >= 11 is 6.21. The van der Waals surface area contributed by atoms with Crippen LogP contribution in [0.25, 0.3) is 0 Å². The maximum absolute atomic E-state index is 6.21. The van der Waals surface area contributed by atoms with Gasteiger partial charge in [-0.25, -0.2) is 0 Å². The van der Waals surface area contributed by atoms with Gasteiger partial charge in [-0.05, 0) is 43.4 Å². The first-order valence-electron chi connectivity index (χ1n) is 6.23. The van der Waals surface area contributed by atoms with Gasteiger partial charge in [0.1, 0.15) is 0 Å². The molecule has 2 nitrogen and oxygen atoms in total. The molecule has 1 aromatic rings. The fraction of sp³-hybridized carbons (Fsp3) is 0.571. The average Bonchev–Trinajstić information content (AvgIpc) is 2.81. The number of aryl methyl sites for hydroxylation is 1. The van der Waals surface area contributed by atoms with Gasteiger partial charge in [0.05, 0.1) is 6.61 Å². The summed E-state index contributed by atoms with van der Waals surface area (Å²) in [4.78, 5) is 0. The maximum Gasteiger partial charge on any atom is 0.0509 e. The lowest BCUT2D eigenvalue weighted by Crippen LogP contribution is -2.33. The Labute approximate surface area is 108 Å². The van der Waals surface area contributed by atoms with Crippen molar-refractivity contribution in [1.82, 2.24) is 5.32 Å². The summed E-state index contributed by atoms with van der Waals surface area (Å²) < 4.78 is 5.40. The van der Waals surface area contributed by atoms with E-state index in [1.165, 1.54) is 11.1 Å². The van der Waals surface area contributed by atoms with Crippen molar-refractivity contribution in [3.05, 3.63) is 34.3 Å². The van der Waals surface area contributed by atoms with Crippen molar-refractivity contribution >= 4 is 11.6 Å². The van der Waals surface area contributed by atoms with Crippen molar-refractivity contribution in [1.29, 1.82) is 0 Å². The van der Waals surface area contributed by atoms with Crippen molar-refractivity contribution in [2.24, 2.45) is 5.92 Å². The molecule has 2 rings (SSSR count). The van der Waals surface area contributed by atoms with E-state index in [1.807, 2.05) is 6.07 Å². The molecule has 0 aromatic heterocycles. The van der Waals surface area contributed by atoms with Crippen LogP contribution in [0.15, 0.2) is 18.2 Å².